The molecule has 0 N–H and O–H groups in total. The van der Waals surface area contributed by atoms with Gasteiger partial charge in [-0.2, -0.15) is 0 Å². The molecule has 1 rings (SSSR count). The van der Waals surface area contributed by atoms with E-state index in [4.69, 9.17) is 9.47 Å². The maximum atomic E-state index is 12.3. The number of anilines is 1. The molecule has 0 aliphatic heterocycles. The summed E-state index contributed by atoms with van der Waals surface area (Å²) in [5.74, 6) is 0.151. The average molecular weight is 368 g/mol. The van der Waals surface area contributed by atoms with Crippen molar-refractivity contribution < 1.29 is 19.1 Å². The summed E-state index contributed by atoms with van der Waals surface area (Å²) in [5.41, 5.74) is -1.47. The Bertz CT molecular complexity index is 516. The van der Waals surface area contributed by atoms with Crippen LogP contribution >= 0.6 is 0 Å². The van der Waals surface area contributed by atoms with Crippen molar-refractivity contribution >= 4 is 39.2 Å². The second-order valence-corrected chi connectivity index (χ2v) is 7.75. The average Bonchev–Trinajstić information content (AvgIpc) is 2.27. The maximum absolute atomic E-state index is 12.3. The monoisotopic (exact) mass is 368 g/mol. The fourth-order valence-corrected chi connectivity index (χ4v) is 1.66. The molecular formula is C15H21AsN2O4. The van der Waals surface area contributed by atoms with Crippen molar-refractivity contribution in [1.82, 2.24) is 4.98 Å². The van der Waals surface area contributed by atoms with Gasteiger partial charge in [0.2, 0.25) is 0 Å². The molecule has 1 aromatic rings. The van der Waals surface area contributed by atoms with E-state index in [0.29, 0.717) is 0 Å². The van der Waals surface area contributed by atoms with Gasteiger partial charge in [-0.05, 0) is 0 Å². The van der Waals surface area contributed by atoms with Gasteiger partial charge in [0.15, 0.2) is 0 Å². The molecule has 0 aliphatic rings. The van der Waals surface area contributed by atoms with E-state index < -0.39 is 23.4 Å². The van der Waals surface area contributed by atoms with E-state index in [2.05, 4.69) is 21.8 Å². The van der Waals surface area contributed by atoms with Crippen molar-refractivity contribution in [3.05, 3.63) is 18.3 Å². The Balaban J connectivity index is 3.12. The molecule has 0 atom stereocenters. The molecule has 0 unspecified atom stereocenters. The van der Waals surface area contributed by atoms with Gasteiger partial charge in [-0.3, -0.25) is 0 Å². The molecule has 2 radical (unpaired) electrons. The first-order chi connectivity index (χ1) is 9.89. The van der Waals surface area contributed by atoms with Gasteiger partial charge in [-0.1, -0.05) is 0 Å². The van der Waals surface area contributed by atoms with Crippen LogP contribution in [0.3, 0.4) is 0 Å². The van der Waals surface area contributed by atoms with E-state index in [1.807, 2.05) is 0 Å². The third kappa shape index (κ3) is 6.06. The normalized spacial score (nSPS) is 11.8. The Morgan fingerprint density at radius 3 is 1.77 bits per heavy atom. The van der Waals surface area contributed by atoms with Crippen molar-refractivity contribution in [2.24, 2.45) is 0 Å². The van der Waals surface area contributed by atoms with Crippen LogP contribution in [0.25, 0.3) is 0 Å². The van der Waals surface area contributed by atoms with Gasteiger partial charge in [0.1, 0.15) is 0 Å². The van der Waals surface area contributed by atoms with Crippen LogP contribution in [0.2, 0.25) is 0 Å². The first kappa shape index (κ1) is 18.5. The minimum atomic E-state index is -0.826. The van der Waals surface area contributed by atoms with Crippen molar-refractivity contribution in [3.63, 3.8) is 0 Å². The summed E-state index contributed by atoms with van der Waals surface area (Å²) in [7, 11) is 0. The Morgan fingerprint density at radius 2 is 1.45 bits per heavy atom. The molecule has 0 aromatic carbocycles. The standard InChI is InChI=1S/C15H21AsN2O4/c1-14(2,3)21-12(19)18(13(20)22-15(4,5)6)11-8-7-10(16)9-17-11/h7-9H,1-6H3. The molecular weight excluding hydrogens is 347 g/mol. The summed E-state index contributed by atoms with van der Waals surface area (Å²) < 4.78 is 11.4. The number of hydrogen-bond acceptors (Lipinski definition) is 5. The Hall–Kier alpha value is -1.55. The second-order valence-electron chi connectivity index (χ2n) is 6.67. The van der Waals surface area contributed by atoms with Gasteiger partial charge in [0, 0.05) is 0 Å². The van der Waals surface area contributed by atoms with Crippen molar-refractivity contribution in [2.75, 3.05) is 4.90 Å². The number of imide groups is 1. The third-order valence-corrected chi connectivity index (χ3v) is 2.67. The molecule has 7 heteroatoms. The van der Waals surface area contributed by atoms with Crippen LogP contribution in [-0.2, 0) is 9.47 Å². The number of ether oxygens (including phenoxy) is 2. The van der Waals surface area contributed by atoms with Gasteiger partial charge in [0.25, 0.3) is 0 Å². The molecule has 2 amide bonds. The molecule has 1 aromatic heterocycles. The van der Waals surface area contributed by atoms with Gasteiger partial charge in [-0.25, -0.2) is 0 Å². The zero-order valence-corrected chi connectivity index (χ0v) is 15.6. The van der Waals surface area contributed by atoms with Crippen LogP contribution in [0, 0.1) is 0 Å². The van der Waals surface area contributed by atoms with Crippen LogP contribution in [0.1, 0.15) is 41.5 Å². The quantitative estimate of drug-likeness (QED) is 0.713. The topological polar surface area (TPSA) is 68.7 Å². The molecule has 0 fully saturated rings. The number of pyridine rings is 1. The fraction of sp³-hybridized carbons (Fsp3) is 0.533. The molecule has 0 aliphatic carbocycles. The summed E-state index contributed by atoms with van der Waals surface area (Å²) in [4.78, 5) is 29.5. The molecule has 0 spiro atoms. The molecule has 1 heterocycles. The summed E-state index contributed by atoms with van der Waals surface area (Å²) in [6, 6.07) is 3.28. The van der Waals surface area contributed by atoms with Crippen molar-refractivity contribution in [3.8, 4) is 0 Å². The second kappa shape index (κ2) is 6.69. The summed E-state index contributed by atoms with van der Waals surface area (Å²) >= 11 is 2.33. The SMILES string of the molecule is CC(C)(C)OC(=O)N(C(=O)OC(C)(C)C)c1ccc([As])cn1. The van der Waals surface area contributed by atoms with E-state index in [1.165, 1.54) is 6.20 Å². The Kier molecular flexibility index (Phi) is 5.63. The Labute approximate surface area is 139 Å². The first-order valence-corrected chi connectivity index (χ1v) is 7.74. The predicted octanol–water partition coefficient (Wildman–Crippen LogP) is 2.55. The van der Waals surface area contributed by atoms with Gasteiger partial charge in [-0.15, -0.1) is 0 Å². The van der Waals surface area contributed by atoms with E-state index in [0.717, 1.165) is 9.25 Å². The van der Waals surface area contributed by atoms with Crippen LogP contribution in [0.4, 0.5) is 15.4 Å². The predicted molar refractivity (Wildman–Crippen MR) is 84.6 cm³/mol. The Morgan fingerprint density at radius 1 is 1.00 bits per heavy atom. The summed E-state index contributed by atoms with van der Waals surface area (Å²) in [5, 5.41) is 0. The third-order valence-electron chi connectivity index (χ3n) is 2.11. The van der Waals surface area contributed by atoms with Crippen LogP contribution < -0.4 is 9.25 Å². The van der Waals surface area contributed by atoms with E-state index in [9.17, 15) is 9.59 Å². The summed E-state index contributed by atoms with van der Waals surface area (Å²) in [6.45, 7) is 10.3. The molecule has 0 saturated carbocycles. The number of nitrogens with zero attached hydrogens (tertiary/aromatic N) is 2. The van der Waals surface area contributed by atoms with Gasteiger partial charge < -0.3 is 0 Å². The van der Waals surface area contributed by atoms with Crippen LogP contribution in [0.5, 0.6) is 0 Å². The molecule has 0 bridgehead atoms. The van der Waals surface area contributed by atoms with Gasteiger partial charge >= 0.3 is 139 Å². The number of carbonyl (C=O) groups is 2. The minimum absolute atomic E-state index is 0.151. The number of aromatic nitrogens is 1. The van der Waals surface area contributed by atoms with E-state index >= 15 is 0 Å². The first-order valence-electron chi connectivity index (χ1n) is 6.80. The van der Waals surface area contributed by atoms with E-state index in [1.54, 1.807) is 53.7 Å². The molecule has 120 valence electrons. The molecule has 6 nitrogen and oxygen atoms in total. The number of rotatable bonds is 1. The van der Waals surface area contributed by atoms with Crippen LogP contribution in [-0.4, -0.2) is 45.2 Å². The summed E-state index contributed by atoms with van der Waals surface area (Å²) in [6.07, 6.45) is -0.114. The van der Waals surface area contributed by atoms with Gasteiger partial charge in [0.05, 0.1) is 0 Å². The zero-order chi connectivity index (χ0) is 17.1. The fourth-order valence-electron chi connectivity index (χ4n) is 1.39. The number of carbonyl (C=O) groups excluding carboxylic acids is 2. The van der Waals surface area contributed by atoms with Crippen LogP contribution in [0.15, 0.2) is 18.3 Å². The zero-order valence-electron chi connectivity index (χ0n) is 13.7. The molecule has 0 saturated heterocycles. The number of hydrogen-bond donors (Lipinski definition) is 0. The van der Waals surface area contributed by atoms with Crippen molar-refractivity contribution in [2.45, 2.75) is 52.7 Å². The number of amides is 2. The molecule has 22 heavy (non-hydrogen) atoms. The van der Waals surface area contributed by atoms with E-state index in [-0.39, 0.29) is 5.82 Å². The van der Waals surface area contributed by atoms with Crippen molar-refractivity contribution in [1.29, 1.82) is 0 Å².